The van der Waals surface area contributed by atoms with Gasteiger partial charge in [-0.3, -0.25) is 0 Å². The van der Waals surface area contributed by atoms with Crippen LogP contribution in [-0.4, -0.2) is 11.1 Å². The Balaban J connectivity index is 2.02. The first kappa shape index (κ1) is 10.5. The minimum Gasteiger partial charge on any atom is -0.392 e. The third-order valence-corrected chi connectivity index (χ3v) is 3.15. The van der Waals surface area contributed by atoms with Crippen LogP contribution in [0.4, 0.5) is 5.69 Å². The number of anilines is 1. The minimum absolute atomic E-state index is 0.121. The largest absolute Gasteiger partial charge is 0.392 e. The summed E-state index contributed by atoms with van der Waals surface area (Å²) in [7, 11) is 0. The Bertz CT molecular complexity index is 305. The van der Waals surface area contributed by atoms with Crippen LogP contribution in [0.2, 0.25) is 0 Å². The van der Waals surface area contributed by atoms with Gasteiger partial charge in [0.25, 0.3) is 0 Å². The summed E-state index contributed by atoms with van der Waals surface area (Å²) in [5.41, 5.74) is 2.11. The molecule has 2 N–H and O–H groups in total. The van der Waals surface area contributed by atoms with Crippen molar-refractivity contribution in [2.45, 2.75) is 44.8 Å². The summed E-state index contributed by atoms with van der Waals surface area (Å²) < 4.78 is 0. The molecule has 1 aromatic carbocycles. The Labute approximate surface area is 91.3 Å². The van der Waals surface area contributed by atoms with Crippen molar-refractivity contribution in [2.75, 3.05) is 5.32 Å². The molecule has 1 aromatic rings. The third kappa shape index (κ3) is 2.72. The summed E-state index contributed by atoms with van der Waals surface area (Å²) in [4.78, 5) is 0. The van der Waals surface area contributed by atoms with Crippen molar-refractivity contribution in [1.29, 1.82) is 0 Å². The number of rotatable bonds is 3. The summed E-state index contributed by atoms with van der Waals surface area (Å²) in [6, 6.07) is 8.62. The number of benzene rings is 1. The van der Waals surface area contributed by atoms with E-state index in [9.17, 15) is 5.11 Å². The first-order valence-corrected chi connectivity index (χ1v) is 5.85. The Morgan fingerprint density at radius 2 is 1.87 bits per heavy atom. The van der Waals surface area contributed by atoms with Gasteiger partial charge in [-0.05, 0) is 18.9 Å². The van der Waals surface area contributed by atoms with Crippen LogP contribution in [-0.2, 0) is 6.61 Å². The molecule has 0 aromatic heterocycles. The van der Waals surface area contributed by atoms with Crippen LogP contribution < -0.4 is 5.32 Å². The van der Waals surface area contributed by atoms with E-state index >= 15 is 0 Å². The molecule has 0 heterocycles. The lowest BCUT2D eigenvalue weighted by molar-refractivity contribution is 0.282. The molecule has 0 atom stereocenters. The first-order valence-electron chi connectivity index (χ1n) is 5.85. The molecule has 0 aliphatic heterocycles. The molecule has 0 unspecified atom stereocenters. The lowest BCUT2D eigenvalue weighted by Gasteiger charge is -2.24. The van der Waals surface area contributed by atoms with E-state index in [-0.39, 0.29) is 6.61 Å². The standard InChI is InChI=1S/C13H19NO/c15-10-11-6-4-5-9-13(11)14-12-7-2-1-3-8-12/h4-6,9,12,14-15H,1-3,7-8,10H2. The van der Waals surface area contributed by atoms with Gasteiger partial charge >= 0.3 is 0 Å². The van der Waals surface area contributed by atoms with Gasteiger partial charge < -0.3 is 10.4 Å². The van der Waals surface area contributed by atoms with Crippen molar-refractivity contribution in [2.24, 2.45) is 0 Å². The van der Waals surface area contributed by atoms with Gasteiger partial charge in [0.2, 0.25) is 0 Å². The van der Waals surface area contributed by atoms with Gasteiger partial charge in [-0.1, -0.05) is 37.5 Å². The molecule has 1 fully saturated rings. The van der Waals surface area contributed by atoms with Crippen molar-refractivity contribution in [3.63, 3.8) is 0 Å². The zero-order chi connectivity index (χ0) is 10.5. The fourth-order valence-electron chi connectivity index (χ4n) is 2.27. The van der Waals surface area contributed by atoms with E-state index in [0.717, 1.165) is 11.3 Å². The Morgan fingerprint density at radius 3 is 2.60 bits per heavy atom. The highest BCUT2D eigenvalue weighted by molar-refractivity contribution is 5.51. The van der Waals surface area contributed by atoms with E-state index in [1.807, 2.05) is 18.2 Å². The van der Waals surface area contributed by atoms with Crippen LogP contribution in [0.1, 0.15) is 37.7 Å². The third-order valence-electron chi connectivity index (χ3n) is 3.15. The normalized spacial score (nSPS) is 17.7. The van der Waals surface area contributed by atoms with Crippen molar-refractivity contribution >= 4 is 5.69 Å². The molecule has 82 valence electrons. The van der Waals surface area contributed by atoms with Gasteiger partial charge in [-0.2, -0.15) is 0 Å². The molecule has 1 aliphatic carbocycles. The highest BCUT2D eigenvalue weighted by Gasteiger charge is 2.13. The summed E-state index contributed by atoms with van der Waals surface area (Å²) in [5, 5.41) is 12.7. The van der Waals surface area contributed by atoms with Gasteiger partial charge in [0.1, 0.15) is 0 Å². The van der Waals surface area contributed by atoms with Crippen molar-refractivity contribution in [3.05, 3.63) is 29.8 Å². The Morgan fingerprint density at radius 1 is 1.13 bits per heavy atom. The van der Waals surface area contributed by atoms with E-state index in [1.165, 1.54) is 32.1 Å². The van der Waals surface area contributed by atoms with E-state index in [4.69, 9.17) is 0 Å². The van der Waals surface area contributed by atoms with E-state index in [0.29, 0.717) is 6.04 Å². The quantitative estimate of drug-likeness (QED) is 0.795. The molecule has 0 amide bonds. The summed E-state index contributed by atoms with van der Waals surface area (Å²) in [6.07, 6.45) is 6.57. The van der Waals surface area contributed by atoms with Crippen molar-refractivity contribution in [3.8, 4) is 0 Å². The maximum atomic E-state index is 9.21. The number of para-hydroxylation sites is 1. The fraction of sp³-hybridized carbons (Fsp3) is 0.538. The molecule has 2 rings (SSSR count). The zero-order valence-electron chi connectivity index (χ0n) is 9.08. The molecular weight excluding hydrogens is 186 g/mol. The Kier molecular flexibility index (Phi) is 3.62. The van der Waals surface area contributed by atoms with Crippen LogP contribution in [0.15, 0.2) is 24.3 Å². The second-order valence-corrected chi connectivity index (χ2v) is 4.29. The molecule has 15 heavy (non-hydrogen) atoms. The topological polar surface area (TPSA) is 32.3 Å². The molecule has 1 aliphatic rings. The second kappa shape index (κ2) is 5.17. The van der Waals surface area contributed by atoms with Crippen LogP contribution >= 0.6 is 0 Å². The minimum atomic E-state index is 0.121. The molecular formula is C13H19NO. The zero-order valence-corrected chi connectivity index (χ0v) is 9.08. The average molecular weight is 205 g/mol. The molecule has 0 spiro atoms. The maximum Gasteiger partial charge on any atom is 0.0701 e. The maximum absolute atomic E-state index is 9.21. The second-order valence-electron chi connectivity index (χ2n) is 4.29. The number of nitrogens with one attached hydrogen (secondary N) is 1. The predicted molar refractivity (Wildman–Crippen MR) is 62.9 cm³/mol. The van der Waals surface area contributed by atoms with Gasteiger partial charge in [0.05, 0.1) is 6.61 Å². The number of aliphatic hydroxyl groups is 1. The van der Waals surface area contributed by atoms with Crippen molar-refractivity contribution < 1.29 is 5.11 Å². The molecule has 0 bridgehead atoms. The number of hydrogen-bond donors (Lipinski definition) is 2. The lowest BCUT2D eigenvalue weighted by Crippen LogP contribution is -2.22. The highest BCUT2D eigenvalue weighted by atomic mass is 16.3. The first-order chi connectivity index (χ1) is 7.40. The van der Waals surface area contributed by atoms with Gasteiger partial charge in [-0.25, -0.2) is 0 Å². The molecule has 0 radical (unpaired) electrons. The van der Waals surface area contributed by atoms with Gasteiger partial charge in [0.15, 0.2) is 0 Å². The van der Waals surface area contributed by atoms with Gasteiger partial charge in [0, 0.05) is 17.3 Å². The number of aliphatic hydroxyl groups excluding tert-OH is 1. The van der Waals surface area contributed by atoms with E-state index in [2.05, 4.69) is 11.4 Å². The summed E-state index contributed by atoms with van der Waals surface area (Å²) in [5.74, 6) is 0. The van der Waals surface area contributed by atoms with E-state index in [1.54, 1.807) is 0 Å². The van der Waals surface area contributed by atoms with Crippen LogP contribution in [0.3, 0.4) is 0 Å². The van der Waals surface area contributed by atoms with Crippen LogP contribution in [0.25, 0.3) is 0 Å². The smallest absolute Gasteiger partial charge is 0.0701 e. The molecule has 1 saturated carbocycles. The van der Waals surface area contributed by atoms with Crippen LogP contribution in [0.5, 0.6) is 0 Å². The number of hydrogen-bond acceptors (Lipinski definition) is 2. The molecule has 0 saturated heterocycles. The van der Waals surface area contributed by atoms with E-state index < -0.39 is 0 Å². The monoisotopic (exact) mass is 205 g/mol. The summed E-state index contributed by atoms with van der Waals surface area (Å²) in [6.45, 7) is 0.121. The molecule has 2 nitrogen and oxygen atoms in total. The molecule has 2 heteroatoms. The highest BCUT2D eigenvalue weighted by Crippen LogP contribution is 2.23. The fourth-order valence-corrected chi connectivity index (χ4v) is 2.27. The van der Waals surface area contributed by atoms with Crippen molar-refractivity contribution in [1.82, 2.24) is 0 Å². The SMILES string of the molecule is OCc1ccccc1NC1CCCCC1. The lowest BCUT2D eigenvalue weighted by atomic mass is 9.95. The average Bonchev–Trinajstić information content (AvgIpc) is 2.31. The van der Waals surface area contributed by atoms with Crippen LogP contribution in [0, 0.1) is 0 Å². The summed E-state index contributed by atoms with van der Waals surface area (Å²) >= 11 is 0. The van der Waals surface area contributed by atoms with Gasteiger partial charge in [-0.15, -0.1) is 0 Å². The predicted octanol–water partition coefficient (Wildman–Crippen LogP) is 2.92. The Hall–Kier alpha value is -1.02.